The van der Waals surface area contributed by atoms with E-state index in [-0.39, 0.29) is 5.69 Å². The van der Waals surface area contributed by atoms with Crippen LogP contribution in [0, 0.1) is 20.8 Å². The smallest absolute Gasteiger partial charge is 0.277 e. The van der Waals surface area contributed by atoms with Crippen LogP contribution in [0.5, 0.6) is 0 Å². The number of anilines is 3. The van der Waals surface area contributed by atoms with Crippen molar-refractivity contribution in [3.8, 4) is 0 Å². The van der Waals surface area contributed by atoms with E-state index in [2.05, 4.69) is 31.8 Å². The first-order valence-electron chi connectivity index (χ1n) is 7.42. The third-order valence-electron chi connectivity index (χ3n) is 3.40. The zero-order valence-corrected chi connectivity index (χ0v) is 13.6. The zero-order chi connectivity index (χ0) is 17.1. The van der Waals surface area contributed by atoms with Gasteiger partial charge in [0, 0.05) is 11.8 Å². The maximum atomic E-state index is 12.1. The molecule has 0 spiro atoms. The van der Waals surface area contributed by atoms with Gasteiger partial charge in [-0.05, 0) is 32.4 Å². The molecule has 0 aliphatic carbocycles. The van der Waals surface area contributed by atoms with E-state index in [1.807, 2.05) is 26.0 Å². The predicted molar refractivity (Wildman–Crippen MR) is 90.4 cm³/mol. The fourth-order valence-electron chi connectivity index (χ4n) is 2.21. The molecule has 1 aromatic carbocycles. The molecule has 0 radical (unpaired) electrons. The van der Waals surface area contributed by atoms with E-state index in [0.29, 0.717) is 17.4 Å². The lowest BCUT2D eigenvalue weighted by Gasteiger charge is -2.09. The topological polar surface area (TPSA) is 92.9 Å². The van der Waals surface area contributed by atoms with Gasteiger partial charge >= 0.3 is 0 Å². The van der Waals surface area contributed by atoms with Crippen molar-refractivity contribution in [2.45, 2.75) is 20.8 Å². The van der Waals surface area contributed by atoms with Gasteiger partial charge in [0.15, 0.2) is 5.82 Å². The standard InChI is InChI=1S/C17H17N5O2/c1-10-4-5-13(11(2)6-10)20-16-9-18-14(8-19-16)17(23)21-15-7-12(3)24-22-15/h4-9H,1-3H3,(H,19,20)(H,21,22,23). The Bertz CT molecular complexity index is 871. The van der Waals surface area contributed by atoms with Crippen molar-refractivity contribution in [3.63, 3.8) is 0 Å². The molecule has 0 unspecified atom stereocenters. The highest BCUT2D eigenvalue weighted by atomic mass is 16.5. The minimum absolute atomic E-state index is 0.196. The second-order valence-electron chi connectivity index (χ2n) is 5.51. The highest BCUT2D eigenvalue weighted by Crippen LogP contribution is 2.19. The molecule has 0 bridgehead atoms. The van der Waals surface area contributed by atoms with Crippen molar-refractivity contribution in [1.82, 2.24) is 15.1 Å². The van der Waals surface area contributed by atoms with Crippen LogP contribution in [0.3, 0.4) is 0 Å². The number of hydrogen-bond acceptors (Lipinski definition) is 6. The van der Waals surface area contributed by atoms with Crippen LogP contribution in [0.25, 0.3) is 0 Å². The normalized spacial score (nSPS) is 10.5. The summed E-state index contributed by atoms with van der Waals surface area (Å²) in [4.78, 5) is 20.4. The highest BCUT2D eigenvalue weighted by Gasteiger charge is 2.11. The van der Waals surface area contributed by atoms with Crippen LogP contribution in [0.15, 0.2) is 41.2 Å². The lowest BCUT2D eigenvalue weighted by molar-refractivity contribution is 0.102. The van der Waals surface area contributed by atoms with Crippen molar-refractivity contribution >= 4 is 23.2 Å². The number of aryl methyl sites for hydroxylation is 3. The Labute approximate surface area is 139 Å². The van der Waals surface area contributed by atoms with Gasteiger partial charge in [-0.2, -0.15) is 0 Å². The summed E-state index contributed by atoms with van der Waals surface area (Å²) >= 11 is 0. The summed E-state index contributed by atoms with van der Waals surface area (Å²) < 4.78 is 4.90. The monoisotopic (exact) mass is 323 g/mol. The van der Waals surface area contributed by atoms with Crippen LogP contribution >= 0.6 is 0 Å². The summed E-state index contributed by atoms with van der Waals surface area (Å²) in [5, 5.41) is 9.49. The van der Waals surface area contributed by atoms with Crippen LogP contribution in [0.4, 0.5) is 17.3 Å². The molecule has 0 saturated carbocycles. The molecule has 2 N–H and O–H groups in total. The van der Waals surface area contributed by atoms with Crippen molar-refractivity contribution in [3.05, 3.63) is 59.2 Å². The molecule has 122 valence electrons. The lowest BCUT2D eigenvalue weighted by atomic mass is 10.1. The second-order valence-corrected chi connectivity index (χ2v) is 5.51. The van der Waals surface area contributed by atoms with Crippen LogP contribution in [-0.2, 0) is 0 Å². The second kappa shape index (κ2) is 6.49. The van der Waals surface area contributed by atoms with E-state index in [0.717, 1.165) is 11.3 Å². The molecular formula is C17H17N5O2. The Balaban J connectivity index is 1.69. The summed E-state index contributed by atoms with van der Waals surface area (Å²) in [6, 6.07) is 7.71. The van der Waals surface area contributed by atoms with Gasteiger partial charge in [0.1, 0.15) is 17.3 Å². The molecule has 1 amide bonds. The number of carbonyl (C=O) groups excluding carboxylic acids is 1. The van der Waals surface area contributed by atoms with Crippen LogP contribution in [0.1, 0.15) is 27.4 Å². The molecular weight excluding hydrogens is 306 g/mol. The summed E-state index contributed by atoms with van der Waals surface area (Å²) in [6.07, 6.45) is 2.93. The molecule has 7 nitrogen and oxygen atoms in total. The van der Waals surface area contributed by atoms with E-state index >= 15 is 0 Å². The summed E-state index contributed by atoms with van der Waals surface area (Å²) in [7, 11) is 0. The largest absolute Gasteiger partial charge is 0.360 e. The Morgan fingerprint density at radius 2 is 1.88 bits per heavy atom. The van der Waals surface area contributed by atoms with Gasteiger partial charge in [0.2, 0.25) is 0 Å². The van der Waals surface area contributed by atoms with Crippen molar-refractivity contribution < 1.29 is 9.32 Å². The fraction of sp³-hybridized carbons (Fsp3) is 0.176. The van der Waals surface area contributed by atoms with E-state index in [1.54, 1.807) is 13.0 Å². The molecule has 0 aliphatic heterocycles. The first kappa shape index (κ1) is 15.7. The van der Waals surface area contributed by atoms with E-state index in [9.17, 15) is 4.79 Å². The Hall–Kier alpha value is -3.22. The third-order valence-corrected chi connectivity index (χ3v) is 3.40. The fourth-order valence-corrected chi connectivity index (χ4v) is 2.21. The molecule has 2 aromatic heterocycles. The summed E-state index contributed by atoms with van der Waals surface area (Å²) in [5.41, 5.74) is 3.45. The number of nitrogens with zero attached hydrogens (tertiary/aromatic N) is 3. The molecule has 0 saturated heterocycles. The van der Waals surface area contributed by atoms with Gasteiger partial charge in [0.25, 0.3) is 5.91 Å². The third kappa shape index (κ3) is 3.57. The molecule has 2 heterocycles. The van der Waals surface area contributed by atoms with Gasteiger partial charge in [-0.1, -0.05) is 22.9 Å². The number of benzene rings is 1. The molecule has 7 heteroatoms. The average molecular weight is 323 g/mol. The predicted octanol–water partition coefficient (Wildman–Crippen LogP) is 3.39. The minimum Gasteiger partial charge on any atom is -0.360 e. The first-order valence-corrected chi connectivity index (χ1v) is 7.42. The van der Waals surface area contributed by atoms with Gasteiger partial charge in [-0.3, -0.25) is 4.79 Å². The van der Waals surface area contributed by atoms with Crippen LogP contribution in [-0.4, -0.2) is 21.0 Å². The van der Waals surface area contributed by atoms with Gasteiger partial charge in [-0.15, -0.1) is 0 Å². The Morgan fingerprint density at radius 3 is 2.50 bits per heavy atom. The molecule has 3 aromatic rings. The lowest BCUT2D eigenvalue weighted by Crippen LogP contribution is -2.14. The van der Waals surface area contributed by atoms with E-state index < -0.39 is 5.91 Å². The molecule has 24 heavy (non-hydrogen) atoms. The van der Waals surface area contributed by atoms with E-state index in [4.69, 9.17) is 4.52 Å². The van der Waals surface area contributed by atoms with Crippen molar-refractivity contribution in [2.75, 3.05) is 10.6 Å². The average Bonchev–Trinajstić information content (AvgIpc) is 2.96. The van der Waals surface area contributed by atoms with Crippen molar-refractivity contribution in [1.29, 1.82) is 0 Å². The molecule has 3 rings (SSSR count). The van der Waals surface area contributed by atoms with E-state index in [1.165, 1.54) is 18.0 Å². The van der Waals surface area contributed by atoms with Gasteiger partial charge in [-0.25, -0.2) is 9.97 Å². The van der Waals surface area contributed by atoms with Crippen LogP contribution in [0.2, 0.25) is 0 Å². The summed E-state index contributed by atoms with van der Waals surface area (Å²) in [5.74, 6) is 1.13. The van der Waals surface area contributed by atoms with Crippen LogP contribution < -0.4 is 10.6 Å². The zero-order valence-electron chi connectivity index (χ0n) is 13.6. The van der Waals surface area contributed by atoms with Gasteiger partial charge < -0.3 is 15.2 Å². The number of hydrogen-bond donors (Lipinski definition) is 2. The number of aromatic nitrogens is 3. The SMILES string of the molecule is Cc1ccc(Nc2cnc(C(=O)Nc3cc(C)on3)cn2)c(C)c1. The Kier molecular flexibility index (Phi) is 4.24. The quantitative estimate of drug-likeness (QED) is 0.764. The Morgan fingerprint density at radius 1 is 1.04 bits per heavy atom. The molecule has 0 atom stereocenters. The maximum Gasteiger partial charge on any atom is 0.277 e. The number of nitrogens with one attached hydrogen (secondary N) is 2. The minimum atomic E-state index is -0.395. The highest BCUT2D eigenvalue weighted by molar-refractivity contribution is 6.02. The number of amides is 1. The maximum absolute atomic E-state index is 12.1. The van der Waals surface area contributed by atoms with Gasteiger partial charge in [0.05, 0.1) is 12.4 Å². The first-order chi connectivity index (χ1) is 11.5. The number of carbonyl (C=O) groups is 1. The molecule has 0 aliphatic rings. The molecule has 0 fully saturated rings. The van der Waals surface area contributed by atoms with Crippen molar-refractivity contribution in [2.24, 2.45) is 0 Å². The number of rotatable bonds is 4. The summed E-state index contributed by atoms with van der Waals surface area (Å²) in [6.45, 7) is 5.81.